The molecule has 0 fully saturated rings. The number of carbonyl (C=O) groups excluding carboxylic acids is 4. The molecule has 0 bridgehead atoms. The van der Waals surface area contributed by atoms with Crippen molar-refractivity contribution < 1.29 is 47.6 Å². The van der Waals surface area contributed by atoms with Crippen molar-refractivity contribution in [1.29, 1.82) is 0 Å². The maximum absolute atomic E-state index is 12.9. The van der Waals surface area contributed by atoms with E-state index in [0.29, 0.717) is 22.6 Å². The van der Waals surface area contributed by atoms with Crippen molar-refractivity contribution in [3.63, 3.8) is 0 Å². The van der Waals surface area contributed by atoms with Crippen LogP contribution in [0.25, 0.3) is 12.2 Å². The SMILES string of the molecule is CCCCCCOC(=O)C(=Cc1ccc(OCOc2ccc(C=C(C(=O)OCCCCCC)C(=O)OCCCCCC)cc2)cc1)C(=O)OCCCCCC. The topological polar surface area (TPSA) is 124 Å². The van der Waals surface area contributed by atoms with Crippen molar-refractivity contribution in [3.8, 4) is 11.5 Å². The third-order valence-electron chi connectivity index (χ3n) is 8.64. The van der Waals surface area contributed by atoms with Crippen LogP contribution in [0.3, 0.4) is 0 Å². The number of hydrogen-bond donors (Lipinski definition) is 0. The van der Waals surface area contributed by atoms with Gasteiger partial charge >= 0.3 is 23.9 Å². The molecular formula is C45H64O10. The molecule has 304 valence electrons. The Balaban J connectivity index is 2.02. The van der Waals surface area contributed by atoms with E-state index in [0.717, 1.165) is 103 Å². The molecule has 0 spiro atoms. The minimum atomic E-state index is -0.697. The summed E-state index contributed by atoms with van der Waals surface area (Å²) in [7, 11) is 0. The average molecular weight is 765 g/mol. The van der Waals surface area contributed by atoms with Crippen LogP contribution in [0, 0.1) is 0 Å². The van der Waals surface area contributed by atoms with Crippen molar-refractivity contribution in [2.75, 3.05) is 33.2 Å². The Kier molecular flexibility index (Phi) is 25.2. The highest BCUT2D eigenvalue weighted by molar-refractivity contribution is 6.18. The van der Waals surface area contributed by atoms with E-state index in [1.54, 1.807) is 48.5 Å². The van der Waals surface area contributed by atoms with Gasteiger partial charge in [0, 0.05) is 0 Å². The maximum atomic E-state index is 12.9. The summed E-state index contributed by atoms with van der Waals surface area (Å²) in [5.74, 6) is -1.76. The van der Waals surface area contributed by atoms with Crippen molar-refractivity contribution in [3.05, 3.63) is 70.8 Å². The molecule has 2 aromatic carbocycles. The number of benzene rings is 2. The lowest BCUT2D eigenvalue weighted by molar-refractivity contribution is -0.148. The molecular weight excluding hydrogens is 700 g/mol. The van der Waals surface area contributed by atoms with Crippen LogP contribution in [0.15, 0.2) is 59.7 Å². The summed E-state index contributed by atoms with van der Waals surface area (Å²) in [6.07, 6.45) is 18.2. The van der Waals surface area contributed by atoms with Gasteiger partial charge in [0.05, 0.1) is 26.4 Å². The predicted octanol–water partition coefficient (Wildman–Crippen LogP) is 10.4. The molecule has 10 heteroatoms. The lowest BCUT2D eigenvalue weighted by Gasteiger charge is -2.11. The van der Waals surface area contributed by atoms with Crippen LogP contribution in [0.1, 0.15) is 142 Å². The third-order valence-corrected chi connectivity index (χ3v) is 8.64. The summed E-state index contributed by atoms with van der Waals surface area (Å²) < 4.78 is 33.2. The highest BCUT2D eigenvalue weighted by Crippen LogP contribution is 2.20. The number of rotatable bonds is 30. The van der Waals surface area contributed by atoms with Gasteiger partial charge in [0.25, 0.3) is 0 Å². The Bertz CT molecular complexity index is 1280. The van der Waals surface area contributed by atoms with Gasteiger partial charge in [0.1, 0.15) is 22.6 Å². The van der Waals surface area contributed by atoms with E-state index in [-0.39, 0.29) is 44.4 Å². The van der Waals surface area contributed by atoms with Crippen LogP contribution in [-0.2, 0) is 38.1 Å². The van der Waals surface area contributed by atoms with Crippen molar-refractivity contribution in [1.82, 2.24) is 0 Å². The molecule has 0 saturated heterocycles. The average Bonchev–Trinajstić information content (AvgIpc) is 3.19. The lowest BCUT2D eigenvalue weighted by atomic mass is 10.1. The van der Waals surface area contributed by atoms with E-state index in [9.17, 15) is 19.2 Å². The van der Waals surface area contributed by atoms with Gasteiger partial charge in [0.2, 0.25) is 6.79 Å². The van der Waals surface area contributed by atoms with Gasteiger partial charge in [-0.05, 0) is 73.2 Å². The molecule has 0 unspecified atom stereocenters. The van der Waals surface area contributed by atoms with Gasteiger partial charge in [-0.3, -0.25) is 0 Å². The van der Waals surface area contributed by atoms with Crippen molar-refractivity contribution in [2.45, 2.75) is 130 Å². The second-order valence-corrected chi connectivity index (χ2v) is 13.4. The number of hydrogen-bond acceptors (Lipinski definition) is 10. The molecule has 0 aromatic heterocycles. The molecule has 0 saturated carbocycles. The summed E-state index contributed by atoms with van der Waals surface area (Å²) in [6, 6.07) is 13.7. The molecule has 2 rings (SSSR count). The zero-order valence-corrected chi connectivity index (χ0v) is 33.7. The van der Waals surface area contributed by atoms with Crippen LogP contribution in [0.5, 0.6) is 11.5 Å². The standard InChI is InChI=1S/C45H64O10/c1-5-9-13-17-29-50-42(46)40(43(47)51-30-18-14-10-6-2)33-36-21-25-38(26-22-36)54-35-55-39-27-23-37(24-28-39)34-41(44(48)52-31-19-15-11-7-3)45(49)53-32-20-16-12-8-4/h21-28,33-34H,5-20,29-32,35H2,1-4H3. The van der Waals surface area contributed by atoms with Crippen molar-refractivity contribution in [2.24, 2.45) is 0 Å². The Morgan fingerprint density at radius 1 is 0.400 bits per heavy atom. The predicted molar refractivity (Wildman–Crippen MR) is 215 cm³/mol. The molecule has 0 N–H and O–H groups in total. The number of ether oxygens (including phenoxy) is 6. The number of carbonyl (C=O) groups is 4. The van der Waals surface area contributed by atoms with Gasteiger partial charge in [-0.1, -0.05) is 129 Å². The Labute approximate surface area is 328 Å². The Hall–Kier alpha value is -4.60. The molecule has 0 radical (unpaired) electrons. The summed E-state index contributed by atoms with van der Waals surface area (Å²) in [5.41, 5.74) is 0.926. The van der Waals surface area contributed by atoms with E-state index in [4.69, 9.17) is 28.4 Å². The highest BCUT2D eigenvalue weighted by Gasteiger charge is 2.23. The van der Waals surface area contributed by atoms with E-state index in [1.165, 1.54) is 12.2 Å². The second-order valence-electron chi connectivity index (χ2n) is 13.4. The van der Waals surface area contributed by atoms with Crippen molar-refractivity contribution >= 4 is 36.0 Å². The molecule has 0 heterocycles. The maximum Gasteiger partial charge on any atom is 0.345 e. The summed E-state index contributed by atoms with van der Waals surface area (Å²) in [5, 5.41) is 0. The fourth-order valence-electron chi connectivity index (χ4n) is 5.31. The number of unbranched alkanes of at least 4 members (excludes halogenated alkanes) is 12. The zero-order valence-electron chi connectivity index (χ0n) is 33.7. The van der Waals surface area contributed by atoms with Gasteiger partial charge in [-0.25, -0.2) is 19.2 Å². The summed E-state index contributed by atoms with van der Waals surface area (Å²) in [6.45, 7) is 9.32. The second kappa shape index (κ2) is 29.7. The summed E-state index contributed by atoms with van der Waals surface area (Å²) in [4.78, 5) is 51.6. The molecule has 0 aliphatic heterocycles. The van der Waals surface area contributed by atoms with E-state index in [2.05, 4.69) is 27.7 Å². The highest BCUT2D eigenvalue weighted by atomic mass is 16.7. The van der Waals surface area contributed by atoms with E-state index in [1.807, 2.05) is 0 Å². The first-order valence-electron chi connectivity index (χ1n) is 20.4. The molecule has 10 nitrogen and oxygen atoms in total. The number of esters is 4. The minimum absolute atomic E-state index is 0.0930. The monoisotopic (exact) mass is 764 g/mol. The van der Waals surface area contributed by atoms with Crippen LogP contribution in [-0.4, -0.2) is 57.1 Å². The summed E-state index contributed by atoms with van der Waals surface area (Å²) >= 11 is 0. The Morgan fingerprint density at radius 3 is 0.927 bits per heavy atom. The van der Waals surface area contributed by atoms with Crippen LogP contribution in [0.2, 0.25) is 0 Å². The first kappa shape index (κ1) is 46.6. The molecule has 2 aromatic rings. The Morgan fingerprint density at radius 2 is 0.673 bits per heavy atom. The fraction of sp³-hybridized carbons (Fsp3) is 0.556. The van der Waals surface area contributed by atoms with Crippen LogP contribution < -0.4 is 9.47 Å². The third kappa shape index (κ3) is 20.6. The van der Waals surface area contributed by atoms with Gasteiger partial charge in [-0.2, -0.15) is 0 Å². The first-order chi connectivity index (χ1) is 26.8. The lowest BCUT2D eigenvalue weighted by Crippen LogP contribution is -2.19. The van der Waals surface area contributed by atoms with Crippen LogP contribution in [0.4, 0.5) is 0 Å². The molecule has 0 aliphatic rings. The normalized spacial score (nSPS) is 10.5. The van der Waals surface area contributed by atoms with E-state index >= 15 is 0 Å². The first-order valence-corrected chi connectivity index (χ1v) is 20.4. The minimum Gasteiger partial charge on any atom is -0.462 e. The molecule has 55 heavy (non-hydrogen) atoms. The van der Waals surface area contributed by atoms with Gasteiger partial charge in [-0.15, -0.1) is 0 Å². The quantitative estimate of drug-likeness (QED) is 0.0144. The van der Waals surface area contributed by atoms with Gasteiger partial charge < -0.3 is 28.4 Å². The molecule has 0 atom stereocenters. The largest absolute Gasteiger partial charge is 0.462 e. The fourth-order valence-corrected chi connectivity index (χ4v) is 5.31. The molecule has 0 amide bonds. The van der Waals surface area contributed by atoms with Gasteiger partial charge in [0.15, 0.2) is 0 Å². The smallest absolute Gasteiger partial charge is 0.345 e. The zero-order chi connectivity index (χ0) is 39.9. The molecule has 0 aliphatic carbocycles. The van der Waals surface area contributed by atoms with Crippen LogP contribution >= 0.6 is 0 Å². The van der Waals surface area contributed by atoms with E-state index < -0.39 is 23.9 Å².